The SMILES string of the molecule is COC(=O)[C@H](C)c1ccc(Cl)nc1OC. The first kappa shape index (κ1) is 11.8. The lowest BCUT2D eigenvalue weighted by atomic mass is 10.0. The molecule has 0 aliphatic heterocycles. The van der Waals surface area contributed by atoms with E-state index in [1.807, 2.05) is 0 Å². The molecule has 82 valence electrons. The fourth-order valence-electron chi connectivity index (χ4n) is 1.23. The summed E-state index contributed by atoms with van der Waals surface area (Å²) in [5, 5.41) is 0.327. The molecule has 1 heterocycles. The van der Waals surface area contributed by atoms with Gasteiger partial charge < -0.3 is 9.47 Å². The molecule has 0 saturated carbocycles. The molecule has 0 saturated heterocycles. The number of methoxy groups -OCH3 is 2. The van der Waals surface area contributed by atoms with Gasteiger partial charge in [-0.3, -0.25) is 4.79 Å². The van der Waals surface area contributed by atoms with Gasteiger partial charge in [0.05, 0.1) is 20.1 Å². The average molecular weight is 230 g/mol. The van der Waals surface area contributed by atoms with Crippen LogP contribution in [0, 0.1) is 0 Å². The van der Waals surface area contributed by atoms with Crippen LogP contribution in [0.3, 0.4) is 0 Å². The van der Waals surface area contributed by atoms with Crippen LogP contribution in [0.15, 0.2) is 12.1 Å². The van der Waals surface area contributed by atoms with Gasteiger partial charge in [-0.15, -0.1) is 0 Å². The minimum Gasteiger partial charge on any atom is -0.481 e. The highest BCUT2D eigenvalue weighted by Gasteiger charge is 2.20. The van der Waals surface area contributed by atoms with Gasteiger partial charge in [-0.1, -0.05) is 11.6 Å². The Morgan fingerprint density at radius 2 is 2.13 bits per heavy atom. The van der Waals surface area contributed by atoms with E-state index in [0.29, 0.717) is 16.6 Å². The van der Waals surface area contributed by atoms with Crippen LogP contribution in [-0.4, -0.2) is 25.2 Å². The lowest BCUT2D eigenvalue weighted by molar-refractivity contribution is -0.142. The number of carbonyl (C=O) groups excluding carboxylic acids is 1. The number of ether oxygens (including phenoxy) is 2. The van der Waals surface area contributed by atoms with E-state index < -0.39 is 5.92 Å². The molecule has 0 fully saturated rings. The Kier molecular flexibility index (Phi) is 3.91. The largest absolute Gasteiger partial charge is 0.481 e. The van der Waals surface area contributed by atoms with Gasteiger partial charge in [-0.25, -0.2) is 4.98 Å². The summed E-state index contributed by atoms with van der Waals surface area (Å²) in [6, 6.07) is 3.31. The molecule has 5 heteroatoms. The van der Waals surface area contributed by atoms with Crippen LogP contribution >= 0.6 is 11.6 Å². The molecule has 0 aliphatic rings. The Labute approximate surface area is 93.2 Å². The van der Waals surface area contributed by atoms with Gasteiger partial charge in [0.1, 0.15) is 5.15 Å². The lowest BCUT2D eigenvalue weighted by Crippen LogP contribution is -2.12. The zero-order valence-corrected chi connectivity index (χ0v) is 9.54. The van der Waals surface area contributed by atoms with Crippen molar-refractivity contribution in [2.24, 2.45) is 0 Å². The molecular weight excluding hydrogens is 218 g/mol. The second-order valence-electron chi connectivity index (χ2n) is 2.98. The first-order chi connectivity index (χ1) is 7.10. The van der Waals surface area contributed by atoms with Gasteiger partial charge in [-0.05, 0) is 19.1 Å². The predicted octanol–water partition coefficient (Wildman–Crippen LogP) is 2.02. The zero-order valence-electron chi connectivity index (χ0n) is 8.78. The second-order valence-corrected chi connectivity index (χ2v) is 3.36. The minimum atomic E-state index is -0.422. The summed E-state index contributed by atoms with van der Waals surface area (Å²) in [6.45, 7) is 1.72. The molecule has 1 aromatic heterocycles. The van der Waals surface area contributed by atoms with E-state index in [0.717, 1.165) is 0 Å². The fraction of sp³-hybridized carbons (Fsp3) is 0.400. The molecule has 15 heavy (non-hydrogen) atoms. The highest BCUT2D eigenvalue weighted by Crippen LogP contribution is 2.26. The van der Waals surface area contributed by atoms with Crippen molar-refractivity contribution in [2.45, 2.75) is 12.8 Å². The number of carbonyl (C=O) groups is 1. The normalized spacial score (nSPS) is 12.0. The second kappa shape index (κ2) is 4.98. The average Bonchev–Trinajstić information content (AvgIpc) is 2.26. The molecule has 4 nitrogen and oxygen atoms in total. The summed E-state index contributed by atoms with van der Waals surface area (Å²) in [7, 11) is 2.82. The molecule has 0 radical (unpaired) electrons. The molecular formula is C10H12ClNO3. The molecule has 0 aliphatic carbocycles. The summed E-state index contributed by atoms with van der Waals surface area (Å²) in [5.74, 6) is -0.410. The number of rotatable bonds is 3. The third kappa shape index (κ3) is 2.59. The molecule has 0 spiro atoms. The van der Waals surface area contributed by atoms with Crippen molar-refractivity contribution in [3.8, 4) is 5.88 Å². The monoisotopic (exact) mass is 229 g/mol. The number of hydrogen-bond donors (Lipinski definition) is 0. The van der Waals surface area contributed by atoms with Crippen LogP contribution in [0.2, 0.25) is 5.15 Å². The Bertz CT molecular complexity index is 368. The van der Waals surface area contributed by atoms with E-state index in [4.69, 9.17) is 16.3 Å². The maximum Gasteiger partial charge on any atom is 0.313 e. The van der Waals surface area contributed by atoms with Gasteiger partial charge in [0.15, 0.2) is 0 Å². The topological polar surface area (TPSA) is 48.4 Å². The third-order valence-corrected chi connectivity index (χ3v) is 2.28. The summed E-state index contributed by atoms with van der Waals surface area (Å²) >= 11 is 5.71. The van der Waals surface area contributed by atoms with Crippen LogP contribution in [-0.2, 0) is 9.53 Å². The molecule has 0 unspecified atom stereocenters. The Morgan fingerprint density at radius 1 is 1.47 bits per heavy atom. The van der Waals surface area contributed by atoms with Gasteiger partial charge in [0, 0.05) is 5.56 Å². The maximum absolute atomic E-state index is 11.3. The lowest BCUT2D eigenvalue weighted by Gasteiger charge is -2.12. The predicted molar refractivity (Wildman–Crippen MR) is 56.2 cm³/mol. The molecule has 1 atom stereocenters. The minimum absolute atomic E-state index is 0.327. The summed E-state index contributed by atoms with van der Waals surface area (Å²) in [6.07, 6.45) is 0. The molecule has 0 aromatic carbocycles. The van der Waals surface area contributed by atoms with E-state index in [1.165, 1.54) is 14.2 Å². The van der Waals surface area contributed by atoms with Crippen LogP contribution in [0.25, 0.3) is 0 Å². The van der Waals surface area contributed by atoms with E-state index in [-0.39, 0.29) is 5.97 Å². The summed E-state index contributed by atoms with van der Waals surface area (Å²) < 4.78 is 9.68. The first-order valence-corrected chi connectivity index (χ1v) is 4.76. The highest BCUT2D eigenvalue weighted by molar-refractivity contribution is 6.29. The first-order valence-electron chi connectivity index (χ1n) is 4.38. The number of esters is 1. The van der Waals surface area contributed by atoms with Crippen LogP contribution < -0.4 is 4.74 Å². The third-order valence-electron chi connectivity index (χ3n) is 2.07. The van der Waals surface area contributed by atoms with Crippen molar-refractivity contribution in [2.75, 3.05) is 14.2 Å². The van der Waals surface area contributed by atoms with Crippen LogP contribution in [0.4, 0.5) is 0 Å². The zero-order chi connectivity index (χ0) is 11.4. The van der Waals surface area contributed by atoms with Crippen molar-refractivity contribution in [3.63, 3.8) is 0 Å². The summed E-state index contributed by atoms with van der Waals surface area (Å²) in [5.41, 5.74) is 0.661. The van der Waals surface area contributed by atoms with E-state index >= 15 is 0 Å². The van der Waals surface area contributed by atoms with E-state index in [2.05, 4.69) is 9.72 Å². The van der Waals surface area contributed by atoms with Gasteiger partial charge in [-0.2, -0.15) is 0 Å². The van der Waals surface area contributed by atoms with Crippen molar-refractivity contribution in [3.05, 3.63) is 22.8 Å². The molecule has 0 bridgehead atoms. The van der Waals surface area contributed by atoms with Crippen molar-refractivity contribution in [1.82, 2.24) is 4.98 Å². The van der Waals surface area contributed by atoms with Crippen molar-refractivity contribution in [1.29, 1.82) is 0 Å². The molecule has 1 aromatic rings. The van der Waals surface area contributed by atoms with Crippen molar-refractivity contribution < 1.29 is 14.3 Å². The number of halogens is 1. The van der Waals surface area contributed by atoms with Crippen molar-refractivity contribution >= 4 is 17.6 Å². The van der Waals surface area contributed by atoms with Gasteiger partial charge in [0.25, 0.3) is 0 Å². The van der Waals surface area contributed by atoms with Crippen LogP contribution in [0.5, 0.6) is 5.88 Å². The smallest absolute Gasteiger partial charge is 0.313 e. The number of pyridine rings is 1. The van der Waals surface area contributed by atoms with Gasteiger partial charge in [0.2, 0.25) is 5.88 Å². The maximum atomic E-state index is 11.3. The molecule has 0 N–H and O–H groups in total. The number of aromatic nitrogens is 1. The fourth-order valence-corrected chi connectivity index (χ4v) is 1.37. The highest BCUT2D eigenvalue weighted by atomic mass is 35.5. The van der Waals surface area contributed by atoms with Gasteiger partial charge >= 0.3 is 5.97 Å². The Morgan fingerprint density at radius 3 is 2.67 bits per heavy atom. The van der Waals surface area contributed by atoms with E-state index in [9.17, 15) is 4.79 Å². The Balaban J connectivity index is 3.07. The quantitative estimate of drug-likeness (QED) is 0.588. The number of hydrogen-bond acceptors (Lipinski definition) is 4. The molecule has 0 amide bonds. The van der Waals surface area contributed by atoms with Crippen LogP contribution in [0.1, 0.15) is 18.4 Å². The number of nitrogens with zero attached hydrogens (tertiary/aromatic N) is 1. The Hall–Kier alpha value is -1.29. The van der Waals surface area contributed by atoms with E-state index in [1.54, 1.807) is 19.1 Å². The standard InChI is InChI=1S/C10H12ClNO3/c1-6(10(13)15-3)7-4-5-8(11)12-9(7)14-2/h4-6H,1-3H3/t6-/m1/s1. The summed E-state index contributed by atoms with van der Waals surface area (Å²) in [4.78, 5) is 15.3. The molecule has 1 rings (SSSR count).